The van der Waals surface area contributed by atoms with Crippen molar-refractivity contribution >= 4 is 21.8 Å². The molecule has 0 unspecified atom stereocenters. The van der Waals surface area contributed by atoms with Crippen LogP contribution >= 0.6 is 15.9 Å². The first kappa shape index (κ1) is 14.9. The molecule has 3 N–H and O–H groups in total. The fraction of sp³-hybridized carbons (Fsp3) is 0.417. The smallest absolute Gasteiger partial charge is 0.140 e. The Morgan fingerprint density at radius 1 is 1.56 bits per heavy atom. The van der Waals surface area contributed by atoms with Gasteiger partial charge < -0.3 is 10.9 Å². The molecule has 6 heteroatoms. The molecule has 18 heavy (non-hydrogen) atoms. The van der Waals surface area contributed by atoms with Crippen molar-refractivity contribution < 1.29 is 9.60 Å². The summed E-state index contributed by atoms with van der Waals surface area (Å²) >= 11 is 3.24. The lowest BCUT2D eigenvalue weighted by Gasteiger charge is -2.20. The minimum absolute atomic E-state index is 0.201. The highest BCUT2D eigenvalue weighted by Crippen LogP contribution is 2.21. The van der Waals surface area contributed by atoms with Gasteiger partial charge >= 0.3 is 0 Å². The van der Waals surface area contributed by atoms with Gasteiger partial charge in [-0.3, -0.25) is 4.90 Å². The maximum absolute atomic E-state index is 13.4. The molecule has 4 nitrogen and oxygen atoms in total. The van der Waals surface area contributed by atoms with E-state index in [4.69, 9.17) is 10.9 Å². The van der Waals surface area contributed by atoms with E-state index in [1.165, 1.54) is 6.07 Å². The zero-order chi connectivity index (χ0) is 13.5. The van der Waals surface area contributed by atoms with Crippen LogP contribution in [0.5, 0.6) is 0 Å². The van der Waals surface area contributed by atoms with Crippen LogP contribution in [0.2, 0.25) is 0 Å². The molecular weight excluding hydrogens is 301 g/mol. The molecule has 0 radical (unpaired) electrons. The van der Waals surface area contributed by atoms with Crippen LogP contribution in [0.4, 0.5) is 4.39 Å². The quantitative estimate of drug-likeness (QED) is 0.367. The maximum Gasteiger partial charge on any atom is 0.140 e. The first-order chi connectivity index (χ1) is 8.58. The molecular formula is C12H17BrFN3O. The predicted molar refractivity (Wildman–Crippen MR) is 73.1 cm³/mol. The van der Waals surface area contributed by atoms with Crippen LogP contribution in [0, 0.1) is 5.82 Å². The number of nitrogens with two attached hydrogens (primary N) is 1. The van der Waals surface area contributed by atoms with E-state index in [0.29, 0.717) is 24.0 Å². The molecule has 0 fully saturated rings. The van der Waals surface area contributed by atoms with E-state index in [9.17, 15) is 4.39 Å². The average molecular weight is 318 g/mol. The van der Waals surface area contributed by atoms with Gasteiger partial charge in [0, 0.05) is 19.5 Å². The average Bonchev–Trinajstić information content (AvgIpc) is 2.38. The third-order valence-electron chi connectivity index (χ3n) is 2.69. The summed E-state index contributed by atoms with van der Waals surface area (Å²) in [6.07, 6.45) is 0.483. The van der Waals surface area contributed by atoms with Crippen molar-refractivity contribution in [2.24, 2.45) is 10.9 Å². The fourth-order valence-electron chi connectivity index (χ4n) is 1.58. The Hall–Kier alpha value is -1.14. The molecule has 0 atom stereocenters. The van der Waals surface area contributed by atoms with Crippen molar-refractivity contribution in [1.29, 1.82) is 0 Å². The lowest BCUT2D eigenvalue weighted by Crippen LogP contribution is -2.28. The van der Waals surface area contributed by atoms with Crippen molar-refractivity contribution in [2.75, 3.05) is 13.1 Å². The summed E-state index contributed by atoms with van der Waals surface area (Å²) in [7, 11) is 0. The Labute approximate surface area is 114 Å². The second-order valence-electron chi connectivity index (χ2n) is 3.92. The molecule has 0 heterocycles. The van der Waals surface area contributed by atoms with Gasteiger partial charge in [0.05, 0.1) is 4.47 Å². The summed E-state index contributed by atoms with van der Waals surface area (Å²) in [6, 6.07) is 4.98. The summed E-state index contributed by atoms with van der Waals surface area (Å²) < 4.78 is 13.9. The molecule has 0 bridgehead atoms. The second kappa shape index (κ2) is 7.33. The van der Waals surface area contributed by atoms with Crippen LogP contribution in [0.3, 0.4) is 0 Å². The SMILES string of the molecule is CCN(CC/C(N)=N/O)Cc1cccc(F)c1Br. The molecule has 0 saturated heterocycles. The number of halogens is 2. The van der Waals surface area contributed by atoms with Crippen LogP contribution < -0.4 is 5.73 Å². The Kier molecular flexibility index (Phi) is 6.07. The molecule has 0 saturated carbocycles. The summed E-state index contributed by atoms with van der Waals surface area (Å²) in [4.78, 5) is 2.09. The number of benzene rings is 1. The molecule has 0 amide bonds. The largest absolute Gasteiger partial charge is 0.409 e. The van der Waals surface area contributed by atoms with E-state index in [-0.39, 0.29) is 11.7 Å². The normalized spacial score (nSPS) is 12.1. The topological polar surface area (TPSA) is 61.8 Å². The van der Waals surface area contributed by atoms with Crippen LogP contribution in [0.15, 0.2) is 27.8 Å². The zero-order valence-corrected chi connectivity index (χ0v) is 11.8. The predicted octanol–water partition coefficient (Wildman–Crippen LogP) is 2.55. The Morgan fingerprint density at radius 2 is 2.28 bits per heavy atom. The molecule has 0 spiro atoms. The van der Waals surface area contributed by atoms with Crippen molar-refractivity contribution in [2.45, 2.75) is 19.9 Å². The van der Waals surface area contributed by atoms with Crippen LogP contribution in [0.25, 0.3) is 0 Å². The molecule has 0 aromatic heterocycles. The highest BCUT2D eigenvalue weighted by atomic mass is 79.9. The van der Waals surface area contributed by atoms with Crippen LogP contribution in [-0.4, -0.2) is 29.0 Å². The lowest BCUT2D eigenvalue weighted by molar-refractivity contribution is 0.282. The summed E-state index contributed by atoms with van der Waals surface area (Å²) in [5.74, 6) is -0.0632. The lowest BCUT2D eigenvalue weighted by atomic mass is 10.2. The van der Waals surface area contributed by atoms with E-state index >= 15 is 0 Å². The highest BCUT2D eigenvalue weighted by molar-refractivity contribution is 9.10. The summed E-state index contributed by atoms with van der Waals surface area (Å²) in [6.45, 7) is 4.10. The summed E-state index contributed by atoms with van der Waals surface area (Å²) in [5, 5.41) is 11.4. The third kappa shape index (κ3) is 4.27. The van der Waals surface area contributed by atoms with E-state index in [2.05, 4.69) is 26.0 Å². The van der Waals surface area contributed by atoms with Gasteiger partial charge in [-0.25, -0.2) is 4.39 Å². The number of nitrogens with zero attached hydrogens (tertiary/aromatic N) is 2. The molecule has 0 aliphatic carbocycles. The van der Waals surface area contributed by atoms with Crippen molar-refractivity contribution in [1.82, 2.24) is 4.90 Å². The monoisotopic (exact) mass is 317 g/mol. The van der Waals surface area contributed by atoms with Gasteiger partial charge in [-0.05, 0) is 34.1 Å². The van der Waals surface area contributed by atoms with E-state index < -0.39 is 0 Å². The Bertz CT molecular complexity index is 426. The number of hydrogen-bond donors (Lipinski definition) is 2. The van der Waals surface area contributed by atoms with Gasteiger partial charge in [-0.1, -0.05) is 24.2 Å². The molecule has 1 aromatic carbocycles. The van der Waals surface area contributed by atoms with Crippen LogP contribution in [-0.2, 0) is 6.54 Å². The van der Waals surface area contributed by atoms with Gasteiger partial charge in [0.15, 0.2) is 0 Å². The van der Waals surface area contributed by atoms with Crippen molar-refractivity contribution in [3.63, 3.8) is 0 Å². The highest BCUT2D eigenvalue weighted by Gasteiger charge is 2.10. The van der Waals surface area contributed by atoms with Crippen LogP contribution in [0.1, 0.15) is 18.9 Å². The van der Waals surface area contributed by atoms with Gasteiger partial charge in [0.1, 0.15) is 11.7 Å². The minimum atomic E-state index is -0.264. The Balaban J connectivity index is 2.65. The zero-order valence-electron chi connectivity index (χ0n) is 10.2. The summed E-state index contributed by atoms with van der Waals surface area (Å²) in [5.41, 5.74) is 6.31. The minimum Gasteiger partial charge on any atom is -0.409 e. The molecule has 100 valence electrons. The standard InChI is InChI=1S/C12H17BrFN3O/c1-2-17(7-6-11(15)16-18)8-9-4-3-5-10(14)12(9)13/h3-5,18H,2,6-8H2,1H3,(H2,15,16). The number of oxime groups is 1. The van der Waals surface area contributed by atoms with Crippen molar-refractivity contribution in [3.8, 4) is 0 Å². The van der Waals surface area contributed by atoms with E-state index in [1.807, 2.05) is 13.0 Å². The first-order valence-electron chi connectivity index (χ1n) is 5.70. The van der Waals surface area contributed by atoms with Gasteiger partial charge in [0.2, 0.25) is 0 Å². The van der Waals surface area contributed by atoms with Gasteiger partial charge in [-0.2, -0.15) is 0 Å². The van der Waals surface area contributed by atoms with E-state index in [1.54, 1.807) is 6.07 Å². The number of amidine groups is 1. The van der Waals surface area contributed by atoms with Gasteiger partial charge in [0.25, 0.3) is 0 Å². The third-order valence-corrected chi connectivity index (χ3v) is 3.57. The maximum atomic E-state index is 13.4. The fourth-order valence-corrected chi connectivity index (χ4v) is 1.97. The molecule has 1 rings (SSSR count). The number of hydrogen-bond acceptors (Lipinski definition) is 3. The second-order valence-corrected chi connectivity index (χ2v) is 4.72. The Morgan fingerprint density at radius 3 is 2.89 bits per heavy atom. The van der Waals surface area contributed by atoms with Crippen molar-refractivity contribution in [3.05, 3.63) is 34.1 Å². The van der Waals surface area contributed by atoms with E-state index in [0.717, 1.165) is 12.1 Å². The number of rotatable bonds is 6. The molecule has 1 aromatic rings. The first-order valence-corrected chi connectivity index (χ1v) is 6.49. The van der Waals surface area contributed by atoms with Gasteiger partial charge in [-0.15, -0.1) is 0 Å². The molecule has 0 aliphatic heterocycles. The molecule has 0 aliphatic rings.